The van der Waals surface area contributed by atoms with Gasteiger partial charge < -0.3 is 0 Å². The molecule has 11 heteroatoms. The van der Waals surface area contributed by atoms with E-state index in [1.165, 1.54) is 0 Å². The minimum Gasteiger partial charge on any atom is -0.258 e. The van der Waals surface area contributed by atoms with E-state index in [1.807, 2.05) is 0 Å². The summed E-state index contributed by atoms with van der Waals surface area (Å²) in [5.74, 6) is -1.80. The van der Waals surface area contributed by atoms with E-state index in [1.54, 1.807) is 0 Å². The Morgan fingerprint density at radius 3 is 2.35 bits per heavy atom. The maximum absolute atomic E-state index is 13.0. The van der Waals surface area contributed by atoms with E-state index in [4.69, 9.17) is 0 Å². The zero-order valence-electron chi connectivity index (χ0n) is 7.80. The van der Waals surface area contributed by atoms with Crippen LogP contribution in [0.1, 0.15) is 12.0 Å². The van der Waals surface area contributed by atoms with Crippen molar-refractivity contribution in [1.29, 1.82) is 0 Å². The Kier molecular flexibility index (Phi) is 3.33. The molecule has 1 aromatic heterocycles. The maximum atomic E-state index is 13.0. The van der Waals surface area contributed by atoms with Gasteiger partial charge in [0, 0.05) is 6.07 Å². The molecule has 1 rings (SSSR count). The molecule has 94 valence electrons. The summed E-state index contributed by atoms with van der Waals surface area (Å²) in [4.78, 5) is 11.5. The lowest BCUT2D eigenvalue weighted by atomic mass is 10.3. The normalized spacial score (nSPS) is 11.8. The van der Waals surface area contributed by atoms with Gasteiger partial charge in [0.25, 0.3) is 22.4 Å². The molecule has 0 atom stereocenters. The van der Waals surface area contributed by atoms with Crippen LogP contribution in [0.2, 0.25) is 0 Å². The van der Waals surface area contributed by atoms with E-state index in [0.717, 1.165) is 0 Å². The van der Waals surface area contributed by atoms with Crippen molar-refractivity contribution in [2.24, 2.45) is 5.14 Å². The van der Waals surface area contributed by atoms with Gasteiger partial charge in [0.1, 0.15) is 0 Å². The van der Waals surface area contributed by atoms with Crippen LogP contribution in [-0.4, -0.2) is 18.3 Å². The number of sulfonamides is 1. The molecular formula is C6H4F3N3O4S. The van der Waals surface area contributed by atoms with Gasteiger partial charge in [-0.05, 0) is 0 Å². The third-order valence-corrected chi connectivity index (χ3v) is 2.52. The Labute approximate surface area is 92.3 Å². The number of primary sulfonamides is 1. The lowest BCUT2D eigenvalue weighted by molar-refractivity contribution is -0.388. The summed E-state index contributed by atoms with van der Waals surface area (Å²) in [5, 5.41) is 13.4. The van der Waals surface area contributed by atoms with Gasteiger partial charge in [0.2, 0.25) is 0 Å². The number of hydrogen-bond acceptors (Lipinski definition) is 5. The molecule has 0 unspecified atom stereocenters. The van der Waals surface area contributed by atoms with Gasteiger partial charge in [-0.15, -0.1) is 0 Å². The number of nitro groups is 1. The fraction of sp³-hybridized carbons (Fsp3) is 0.167. The van der Waals surface area contributed by atoms with Crippen molar-refractivity contribution in [1.82, 2.24) is 4.98 Å². The number of hydrogen-bond donors (Lipinski definition) is 1. The maximum Gasteiger partial charge on any atom is 0.324 e. The van der Waals surface area contributed by atoms with Crippen LogP contribution in [0, 0.1) is 16.1 Å². The Bertz CT molecular complexity index is 574. The molecule has 17 heavy (non-hydrogen) atoms. The number of halogens is 3. The first-order valence-corrected chi connectivity index (χ1v) is 5.35. The molecule has 0 saturated carbocycles. The first kappa shape index (κ1) is 13.3. The zero-order chi connectivity index (χ0) is 13.4. The molecular weight excluding hydrogens is 267 g/mol. The number of rotatable bonds is 3. The van der Waals surface area contributed by atoms with Crippen molar-refractivity contribution in [3.63, 3.8) is 0 Å². The van der Waals surface area contributed by atoms with E-state index in [0.29, 0.717) is 0 Å². The minimum absolute atomic E-state index is 0.0900. The highest BCUT2D eigenvalue weighted by Crippen LogP contribution is 2.29. The molecule has 0 aromatic carbocycles. The lowest BCUT2D eigenvalue weighted by Crippen LogP contribution is -2.18. The molecule has 1 aromatic rings. The smallest absolute Gasteiger partial charge is 0.258 e. The third-order valence-electron chi connectivity index (χ3n) is 1.65. The van der Waals surface area contributed by atoms with E-state index in [-0.39, 0.29) is 6.07 Å². The zero-order valence-corrected chi connectivity index (χ0v) is 8.62. The highest BCUT2D eigenvalue weighted by Gasteiger charge is 2.29. The number of alkyl halides is 2. The Morgan fingerprint density at radius 2 is 2.00 bits per heavy atom. The van der Waals surface area contributed by atoms with E-state index in [9.17, 15) is 31.7 Å². The second kappa shape index (κ2) is 4.25. The molecule has 0 aliphatic rings. The third kappa shape index (κ3) is 2.68. The summed E-state index contributed by atoms with van der Waals surface area (Å²) in [6.45, 7) is 0. The number of nitrogens with zero attached hydrogens (tertiary/aromatic N) is 2. The molecule has 0 amide bonds. The quantitative estimate of drug-likeness (QED) is 0.493. The summed E-state index contributed by atoms with van der Waals surface area (Å²) in [6, 6.07) is 0.0900. The molecule has 7 nitrogen and oxygen atoms in total. The summed E-state index contributed by atoms with van der Waals surface area (Å²) in [5.41, 5.74) is -2.67. The van der Waals surface area contributed by atoms with Crippen molar-refractivity contribution in [2.45, 2.75) is 11.5 Å². The van der Waals surface area contributed by atoms with Crippen molar-refractivity contribution >= 4 is 15.7 Å². The largest absolute Gasteiger partial charge is 0.324 e. The van der Waals surface area contributed by atoms with Gasteiger partial charge in [-0.25, -0.2) is 22.3 Å². The van der Waals surface area contributed by atoms with Crippen LogP contribution in [0.25, 0.3) is 0 Å². The SMILES string of the molecule is NS(=O)(=O)c1nc(F)c([N+](=O)[O-])cc1C(F)F. The molecule has 0 spiro atoms. The van der Waals surface area contributed by atoms with Gasteiger partial charge in [0.05, 0.1) is 10.5 Å². The van der Waals surface area contributed by atoms with Crippen LogP contribution in [-0.2, 0) is 10.0 Å². The fourth-order valence-electron chi connectivity index (χ4n) is 0.992. The first-order valence-electron chi connectivity index (χ1n) is 3.80. The van der Waals surface area contributed by atoms with Gasteiger partial charge in [-0.1, -0.05) is 0 Å². The van der Waals surface area contributed by atoms with Crippen LogP contribution in [0.15, 0.2) is 11.1 Å². The molecule has 0 fully saturated rings. The molecule has 0 saturated heterocycles. The Hall–Kier alpha value is -1.75. The summed E-state index contributed by atoms with van der Waals surface area (Å²) in [6.07, 6.45) is -3.39. The molecule has 0 radical (unpaired) electrons. The minimum atomic E-state index is -4.70. The molecule has 2 N–H and O–H groups in total. The van der Waals surface area contributed by atoms with Crippen molar-refractivity contribution in [3.8, 4) is 0 Å². The number of nitrogens with two attached hydrogens (primary N) is 1. The van der Waals surface area contributed by atoms with Crippen LogP contribution >= 0.6 is 0 Å². The van der Waals surface area contributed by atoms with Gasteiger partial charge in [-0.2, -0.15) is 9.37 Å². The highest BCUT2D eigenvalue weighted by molar-refractivity contribution is 7.89. The molecule has 1 heterocycles. The average molecular weight is 271 g/mol. The number of pyridine rings is 1. The van der Waals surface area contributed by atoms with Gasteiger partial charge in [0.15, 0.2) is 5.03 Å². The van der Waals surface area contributed by atoms with Crippen LogP contribution in [0.3, 0.4) is 0 Å². The van der Waals surface area contributed by atoms with E-state index >= 15 is 0 Å². The van der Waals surface area contributed by atoms with E-state index < -0.39 is 43.6 Å². The molecule has 0 bridgehead atoms. The van der Waals surface area contributed by atoms with Crippen molar-refractivity contribution < 1.29 is 26.5 Å². The average Bonchev–Trinajstić information content (AvgIpc) is 2.14. The van der Waals surface area contributed by atoms with Gasteiger partial charge >= 0.3 is 5.69 Å². The van der Waals surface area contributed by atoms with Crippen LogP contribution in [0.5, 0.6) is 0 Å². The first-order chi connectivity index (χ1) is 7.64. The second-order valence-corrected chi connectivity index (χ2v) is 4.27. The highest BCUT2D eigenvalue weighted by atomic mass is 32.2. The molecule has 0 aliphatic heterocycles. The van der Waals surface area contributed by atoms with E-state index in [2.05, 4.69) is 10.1 Å². The Balaban J connectivity index is 3.64. The predicted molar refractivity (Wildman–Crippen MR) is 47.2 cm³/mol. The topological polar surface area (TPSA) is 116 Å². The van der Waals surface area contributed by atoms with Crippen LogP contribution in [0.4, 0.5) is 18.9 Å². The van der Waals surface area contributed by atoms with Gasteiger partial charge in [-0.3, -0.25) is 10.1 Å². The summed E-state index contributed by atoms with van der Waals surface area (Å²) >= 11 is 0. The standard InChI is InChI=1S/C6H4F3N3O4S/c7-4(8)2-1-3(12(13)14)5(9)11-6(2)17(10,15)16/h1,4H,(H2,10,15,16). The number of aromatic nitrogens is 1. The predicted octanol–water partition coefficient (Wildman–Crippen LogP) is 0.714. The fourth-order valence-corrected chi connectivity index (χ4v) is 1.68. The lowest BCUT2D eigenvalue weighted by Gasteiger charge is -2.05. The van der Waals surface area contributed by atoms with Crippen LogP contribution < -0.4 is 5.14 Å². The Morgan fingerprint density at radius 1 is 1.47 bits per heavy atom. The van der Waals surface area contributed by atoms with Crippen molar-refractivity contribution in [3.05, 3.63) is 27.7 Å². The second-order valence-electron chi connectivity index (χ2n) is 2.80. The molecule has 0 aliphatic carbocycles. The van der Waals surface area contributed by atoms with Crippen molar-refractivity contribution in [2.75, 3.05) is 0 Å². The summed E-state index contributed by atoms with van der Waals surface area (Å²) < 4.78 is 59.5. The monoisotopic (exact) mass is 271 g/mol. The summed E-state index contributed by atoms with van der Waals surface area (Å²) in [7, 11) is -4.70.